The molecule has 1 saturated carbocycles. The van der Waals surface area contributed by atoms with E-state index in [1.165, 1.54) is 6.42 Å². The lowest BCUT2D eigenvalue weighted by atomic mass is 9.66. The Morgan fingerprint density at radius 3 is 2.47 bits per heavy atom. The fraction of sp³-hybridized carbons (Fsp3) is 0.600. The van der Waals surface area contributed by atoms with Crippen molar-refractivity contribution in [2.75, 3.05) is 0 Å². The summed E-state index contributed by atoms with van der Waals surface area (Å²) >= 11 is 0. The highest BCUT2D eigenvalue weighted by Crippen LogP contribution is 2.44. The second-order valence-corrected chi connectivity index (χ2v) is 6.37. The normalized spacial score (nSPS) is 28.1. The first-order chi connectivity index (χ1) is 7.81. The quantitative estimate of drug-likeness (QED) is 0.785. The molecule has 0 radical (unpaired) electrons. The number of nitrogens with two attached hydrogens (primary N) is 1. The first-order valence-corrected chi connectivity index (χ1v) is 6.37. The monoisotopic (exact) mass is 235 g/mol. The van der Waals surface area contributed by atoms with Gasteiger partial charge < -0.3 is 5.73 Å². The van der Waals surface area contributed by atoms with Gasteiger partial charge in [-0.15, -0.1) is 0 Å². The zero-order chi connectivity index (χ0) is 12.7. The minimum absolute atomic E-state index is 0.173. The fourth-order valence-corrected chi connectivity index (χ4v) is 3.18. The third-order valence-electron chi connectivity index (χ3n) is 3.89. The van der Waals surface area contributed by atoms with Gasteiger partial charge in [-0.05, 0) is 54.9 Å². The summed E-state index contributed by atoms with van der Waals surface area (Å²) in [5.41, 5.74) is 8.34. The predicted molar refractivity (Wildman–Crippen MR) is 69.3 cm³/mol. The van der Waals surface area contributed by atoms with E-state index in [1.807, 2.05) is 13.0 Å². The van der Waals surface area contributed by atoms with Gasteiger partial charge in [-0.2, -0.15) is 0 Å². The number of rotatable bonds is 1. The Kier molecular flexibility index (Phi) is 3.03. The summed E-state index contributed by atoms with van der Waals surface area (Å²) in [5, 5.41) is 0. The average molecular weight is 235 g/mol. The molecule has 0 aromatic heterocycles. The summed E-state index contributed by atoms with van der Waals surface area (Å²) in [5.74, 6) is -0.173. The van der Waals surface area contributed by atoms with Crippen LogP contribution in [0.3, 0.4) is 0 Å². The van der Waals surface area contributed by atoms with Gasteiger partial charge in [0.15, 0.2) is 0 Å². The maximum Gasteiger partial charge on any atom is 0.123 e. The molecule has 17 heavy (non-hydrogen) atoms. The van der Waals surface area contributed by atoms with Gasteiger partial charge in [0.25, 0.3) is 0 Å². The molecule has 0 spiro atoms. The summed E-state index contributed by atoms with van der Waals surface area (Å²) in [6.45, 7) is 6.42. The molecule has 0 aliphatic heterocycles. The van der Waals surface area contributed by atoms with Crippen molar-refractivity contribution in [1.29, 1.82) is 0 Å². The SMILES string of the molecule is Cc1cc(F)cc(C2(N)CCCC(C)(C)C2)c1. The molecule has 1 atom stereocenters. The third-order valence-corrected chi connectivity index (χ3v) is 3.89. The second kappa shape index (κ2) is 4.09. The Morgan fingerprint density at radius 1 is 1.18 bits per heavy atom. The summed E-state index contributed by atoms with van der Waals surface area (Å²) < 4.78 is 13.5. The van der Waals surface area contributed by atoms with Crippen molar-refractivity contribution in [3.63, 3.8) is 0 Å². The predicted octanol–water partition coefficient (Wildman–Crippen LogP) is 3.89. The Hall–Kier alpha value is -0.890. The van der Waals surface area contributed by atoms with E-state index < -0.39 is 0 Å². The van der Waals surface area contributed by atoms with Crippen molar-refractivity contribution in [1.82, 2.24) is 0 Å². The lowest BCUT2D eigenvalue weighted by molar-refractivity contribution is 0.151. The van der Waals surface area contributed by atoms with Crippen molar-refractivity contribution in [2.45, 2.75) is 52.0 Å². The largest absolute Gasteiger partial charge is 0.321 e. The van der Waals surface area contributed by atoms with Gasteiger partial charge >= 0.3 is 0 Å². The number of halogens is 1. The highest BCUT2D eigenvalue weighted by molar-refractivity contribution is 5.30. The number of hydrogen-bond donors (Lipinski definition) is 1. The average Bonchev–Trinajstić information content (AvgIpc) is 2.13. The molecule has 1 fully saturated rings. The second-order valence-electron chi connectivity index (χ2n) is 6.37. The van der Waals surface area contributed by atoms with Crippen LogP contribution in [0.5, 0.6) is 0 Å². The Labute approximate surface area is 103 Å². The van der Waals surface area contributed by atoms with Crippen LogP contribution in [0.25, 0.3) is 0 Å². The highest BCUT2D eigenvalue weighted by Gasteiger charge is 2.38. The van der Waals surface area contributed by atoms with Gasteiger partial charge in [-0.3, -0.25) is 0 Å². The van der Waals surface area contributed by atoms with E-state index in [0.29, 0.717) is 0 Å². The number of benzene rings is 1. The lowest BCUT2D eigenvalue weighted by Crippen LogP contribution is -2.44. The Balaban J connectivity index is 2.37. The van der Waals surface area contributed by atoms with E-state index in [9.17, 15) is 4.39 Å². The fourth-order valence-electron chi connectivity index (χ4n) is 3.18. The molecular weight excluding hydrogens is 213 g/mol. The molecule has 1 aromatic carbocycles. The molecule has 94 valence electrons. The highest BCUT2D eigenvalue weighted by atomic mass is 19.1. The molecule has 1 aliphatic rings. The van der Waals surface area contributed by atoms with Gasteiger partial charge in [-0.1, -0.05) is 26.3 Å². The number of aryl methyl sites for hydroxylation is 1. The van der Waals surface area contributed by atoms with Gasteiger partial charge in [-0.25, -0.2) is 4.39 Å². The van der Waals surface area contributed by atoms with Crippen LogP contribution in [0.1, 0.15) is 50.7 Å². The molecule has 1 nitrogen and oxygen atoms in total. The minimum atomic E-state index is -0.353. The molecule has 1 aromatic rings. The summed E-state index contributed by atoms with van der Waals surface area (Å²) in [4.78, 5) is 0. The molecule has 2 rings (SSSR count). The van der Waals surface area contributed by atoms with E-state index in [1.54, 1.807) is 12.1 Å². The van der Waals surface area contributed by atoms with Crippen molar-refractivity contribution in [3.05, 3.63) is 35.1 Å². The maximum absolute atomic E-state index is 13.5. The third kappa shape index (κ3) is 2.68. The molecule has 0 heterocycles. The summed E-state index contributed by atoms with van der Waals surface area (Å²) in [7, 11) is 0. The van der Waals surface area contributed by atoms with E-state index in [4.69, 9.17) is 5.73 Å². The smallest absolute Gasteiger partial charge is 0.123 e. The van der Waals surface area contributed by atoms with Crippen molar-refractivity contribution < 1.29 is 4.39 Å². The Bertz CT molecular complexity index is 405. The lowest BCUT2D eigenvalue weighted by Gasteiger charge is -2.43. The molecule has 2 N–H and O–H groups in total. The molecule has 0 amide bonds. The van der Waals surface area contributed by atoms with Gasteiger partial charge in [0, 0.05) is 5.54 Å². The molecule has 0 saturated heterocycles. The van der Waals surface area contributed by atoms with Crippen molar-refractivity contribution in [2.24, 2.45) is 11.1 Å². The first-order valence-electron chi connectivity index (χ1n) is 6.37. The molecule has 0 bridgehead atoms. The van der Waals surface area contributed by atoms with Crippen LogP contribution in [-0.2, 0) is 5.54 Å². The molecule has 1 aliphatic carbocycles. The van der Waals surface area contributed by atoms with E-state index >= 15 is 0 Å². The molecule has 2 heteroatoms. The van der Waals surface area contributed by atoms with Gasteiger partial charge in [0.1, 0.15) is 5.82 Å². The minimum Gasteiger partial charge on any atom is -0.321 e. The molecular formula is C15H22FN. The standard InChI is InChI=1S/C15H22FN/c1-11-7-12(9-13(16)8-11)15(17)6-4-5-14(2,3)10-15/h7-9H,4-6,10,17H2,1-3H3. The van der Waals surface area contributed by atoms with Crippen molar-refractivity contribution >= 4 is 0 Å². The van der Waals surface area contributed by atoms with Crippen LogP contribution in [0.15, 0.2) is 18.2 Å². The maximum atomic E-state index is 13.5. The summed E-state index contributed by atoms with van der Waals surface area (Å²) in [6, 6.07) is 5.19. The zero-order valence-corrected chi connectivity index (χ0v) is 11.0. The van der Waals surface area contributed by atoms with Crippen LogP contribution in [0, 0.1) is 18.2 Å². The van der Waals surface area contributed by atoms with Crippen LogP contribution in [0.4, 0.5) is 4.39 Å². The van der Waals surface area contributed by atoms with Gasteiger partial charge in [0.2, 0.25) is 0 Å². The topological polar surface area (TPSA) is 26.0 Å². The summed E-state index contributed by atoms with van der Waals surface area (Å²) in [6.07, 6.45) is 4.22. The first kappa shape index (κ1) is 12.6. The van der Waals surface area contributed by atoms with Crippen molar-refractivity contribution in [3.8, 4) is 0 Å². The van der Waals surface area contributed by atoms with E-state index in [2.05, 4.69) is 13.8 Å². The zero-order valence-electron chi connectivity index (χ0n) is 11.0. The Morgan fingerprint density at radius 2 is 1.88 bits per heavy atom. The van der Waals surface area contributed by atoms with Crippen LogP contribution >= 0.6 is 0 Å². The van der Waals surface area contributed by atoms with E-state index in [0.717, 1.165) is 30.4 Å². The molecule has 1 unspecified atom stereocenters. The van der Waals surface area contributed by atoms with Gasteiger partial charge in [0.05, 0.1) is 0 Å². The number of hydrogen-bond acceptors (Lipinski definition) is 1. The van der Waals surface area contributed by atoms with Crippen LogP contribution in [-0.4, -0.2) is 0 Å². The van der Waals surface area contributed by atoms with E-state index in [-0.39, 0.29) is 16.8 Å². The van der Waals surface area contributed by atoms with Crippen LogP contribution < -0.4 is 5.73 Å². The van der Waals surface area contributed by atoms with Crippen LogP contribution in [0.2, 0.25) is 0 Å².